The average molecular weight is 401 g/mol. The second-order valence-electron chi connectivity index (χ2n) is 7.56. The van der Waals surface area contributed by atoms with Crippen LogP contribution in [0.2, 0.25) is 5.02 Å². The molecule has 4 nitrogen and oxygen atoms in total. The molecule has 1 heterocycles. The SMILES string of the molecule is CCOc1ccc(C(=O)N[C@H](C)c2ccc(N3CCC[C@@H](C)C3)cc2)cc1Cl. The van der Waals surface area contributed by atoms with Gasteiger partial charge < -0.3 is 15.0 Å². The highest BCUT2D eigenvalue weighted by atomic mass is 35.5. The maximum absolute atomic E-state index is 12.6. The molecule has 0 spiro atoms. The van der Waals surface area contributed by atoms with Crippen LogP contribution in [0.15, 0.2) is 42.5 Å². The quantitative estimate of drug-likeness (QED) is 0.699. The fourth-order valence-electron chi connectivity index (χ4n) is 3.68. The Morgan fingerprint density at radius 2 is 2.04 bits per heavy atom. The lowest BCUT2D eigenvalue weighted by molar-refractivity contribution is 0.0940. The summed E-state index contributed by atoms with van der Waals surface area (Å²) in [6, 6.07) is 13.5. The third-order valence-electron chi connectivity index (χ3n) is 5.26. The molecule has 1 saturated heterocycles. The molecule has 150 valence electrons. The van der Waals surface area contributed by atoms with Crippen molar-refractivity contribution in [2.75, 3.05) is 24.6 Å². The number of anilines is 1. The standard InChI is InChI=1S/C23H29ClN2O2/c1-4-28-22-12-9-19(14-21(22)24)23(27)25-17(3)18-7-10-20(11-8-18)26-13-5-6-16(2)15-26/h7-12,14,16-17H,4-6,13,15H2,1-3H3,(H,25,27)/t16-,17-/m1/s1. The van der Waals surface area contributed by atoms with Gasteiger partial charge in [0.1, 0.15) is 5.75 Å². The molecule has 1 aliphatic rings. The van der Waals surface area contributed by atoms with E-state index in [0.29, 0.717) is 22.9 Å². The summed E-state index contributed by atoms with van der Waals surface area (Å²) in [5.41, 5.74) is 2.87. The second-order valence-corrected chi connectivity index (χ2v) is 7.97. The van der Waals surface area contributed by atoms with E-state index in [1.807, 2.05) is 13.8 Å². The smallest absolute Gasteiger partial charge is 0.251 e. The minimum absolute atomic E-state index is 0.0906. The van der Waals surface area contributed by atoms with Gasteiger partial charge in [-0.1, -0.05) is 30.7 Å². The fourth-order valence-corrected chi connectivity index (χ4v) is 3.91. The number of halogens is 1. The molecular formula is C23H29ClN2O2. The Hall–Kier alpha value is -2.20. The lowest BCUT2D eigenvalue weighted by atomic mass is 9.99. The Morgan fingerprint density at radius 1 is 1.29 bits per heavy atom. The van der Waals surface area contributed by atoms with Crippen molar-refractivity contribution >= 4 is 23.2 Å². The number of amides is 1. The van der Waals surface area contributed by atoms with E-state index in [4.69, 9.17) is 16.3 Å². The summed E-state index contributed by atoms with van der Waals surface area (Å²) in [6.07, 6.45) is 2.56. The molecule has 1 fully saturated rings. The van der Waals surface area contributed by atoms with Crippen LogP contribution in [0.4, 0.5) is 5.69 Å². The number of nitrogens with zero attached hydrogens (tertiary/aromatic N) is 1. The van der Waals surface area contributed by atoms with Gasteiger partial charge in [-0.05, 0) is 68.5 Å². The van der Waals surface area contributed by atoms with E-state index in [1.165, 1.54) is 18.5 Å². The Balaban J connectivity index is 1.63. The van der Waals surface area contributed by atoms with E-state index in [9.17, 15) is 4.79 Å². The average Bonchev–Trinajstić information content (AvgIpc) is 2.69. The minimum Gasteiger partial charge on any atom is -0.492 e. The van der Waals surface area contributed by atoms with Gasteiger partial charge in [0, 0.05) is 24.3 Å². The summed E-state index contributed by atoms with van der Waals surface area (Å²) in [7, 11) is 0. The predicted octanol–water partition coefficient (Wildman–Crippen LogP) is 5.47. The van der Waals surface area contributed by atoms with Crippen LogP contribution in [-0.2, 0) is 0 Å². The molecule has 3 rings (SSSR count). The maximum atomic E-state index is 12.6. The van der Waals surface area contributed by atoms with E-state index in [2.05, 4.69) is 41.4 Å². The van der Waals surface area contributed by atoms with Crippen molar-refractivity contribution in [2.24, 2.45) is 5.92 Å². The first kappa shape index (κ1) is 20.5. The first-order valence-corrected chi connectivity index (χ1v) is 10.4. The number of nitrogens with one attached hydrogen (secondary N) is 1. The van der Waals surface area contributed by atoms with Gasteiger partial charge in [-0.15, -0.1) is 0 Å². The summed E-state index contributed by atoms with van der Waals surface area (Å²) >= 11 is 6.20. The van der Waals surface area contributed by atoms with Gasteiger partial charge in [0.05, 0.1) is 17.7 Å². The molecule has 1 aliphatic heterocycles. The van der Waals surface area contributed by atoms with Crippen LogP contribution >= 0.6 is 11.6 Å². The summed E-state index contributed by atoms with van der Waals surface area (Å²) in [5, 5.41) is 3.49. The largest absolute Gasteiger partial charge is 0.492 e. The van der Waals surface area contributed by atoms with Crippen molar-refractivity contribution < 1.29 is 9.53 Å². The molecule has 2 aromatic rings. The Bertz CT molecular complexity index is 807. The molecule has 0 unspecified atom stereocenters. The number of carbonyl (C=O) groups is 1. The van der Waals surface area contributed by atoms with Crippen LogP contribution in [0.3, 0.4) is 0 Å². The molecule has 0 aromatic heterocycles. The summed E-state index contributed by atoms with van der Waals surface area (Å²) in [4.78, 5) is 15.0. The topological polar surface area (TPSA) is 41.6 Å². The lowest BCUT2D eigenvalue weighted by Gasteiger charge is -2.33. The second kappa shape index (κ2) is 9.33. The fraction of sp³-hybridized carbons (Fsp3) is 0.435. The first-order valence-electron chi connectivity index (χ1n) is 10.1. The van der Waals surface area contributed by atoms with E-state index in [0.717, 1.165) is 24.6 Å². The van der Waals surface area contributed by atoms with Crippen molar-refractivity contribution in [3.05, 3.63) is 58.6 Å². The van der Waals surface area contributed by atoms with Crippen LogP contribution in [0.5, 0.6) is 5.75 Å². The van der Waals surface area contributed by atoms with E-state index in [1.54, 1.807) is 18.2 Å². The van der Waals surface area contributed by atoms with Gasteiger partial charge in [-0.25, -0.2) is 0 Å². The minimum atomic E-state index is -0.147. The van der Waals surface area contributed by atoms with Crippen molar-refractivity contribution in [3.63, 3.8) is 0 Å². The summed E-state index contributed by atoms with van der Waals surface area (Å²) < 4.78 is 5.42. The molecule has 0 aliphatic carbocycles. The van der Waals surface area contributed by atoms with Crippen LogP contribution in [0.25, 0.3) is 0 Å². The lowest BCUT2D eigenvalue weighted by Crippen LogP contribution is -2.34. The zero-order chi connectivity index (χ0) is 20.1. The first-order chi connectivity index (χ1) is 13.5. The van der Waals surface area contributed by atoms with Crippen molar-refractivity contribution in [1.29, 1.82) is 0 Å². The number of ether oxygens (including phenoxy) is 1. The number of hydrogen-bond acceptors (Lipinski definition) is 3. The van der Waals surface area contributed by atoms with Gasteiger partial charge in [-0.3, -0.25) is 4.79 Å². The van der Waals surface area contributed by atoms with Crippen LogP contribution in [0, 0.1) is 5.92 Å². The van der Waals surface area contributed by atoms with Gasteiger partial charge in [0.2, 0.25) is 0 Å². The van der Waals surface area contributed by atoms with Gasteiger partial charge in [0.25, 0.3) is 5.91 Å². The number of hydrogen-bond donors (Lipinski definition) is 1. The molecule has 5 heteroatoms. The molecule has 2 aromatic carbocycles. The molecule has 2 atom stereocenters. The Labute approximate surface area is 172 Å². The summed E-state index contributed by atoms with van der Waals surface area (Å²) in [6.45, 7) is 8.97. The third-order valence-corrected chi connectivity index (χ3v) is 5.55. The third kappa shape index (κ3) is 4.99. The van der Waals surface area contributed by atoms with Crippen LogP contribution in [0.1, 0.15) is 55.6 Å². The predicted molar refractivity (Wildman–Crippen MR) is 116 cm³/mol. The Kier molecular flexibility index (Phi) is 6.84. The number of carbonyl (C=O) groups excluding carboxylic acids is 1. The highest BCUT2D eigenvalue weighted by Gasteiger charge is 2.17. The molecule has 1 amide bonds. The van der Waals surface area contributed by atoms with E-state index in [-0.39, 0.29) is 11.9 Å². The highest BCUT2D eigenvalue weighted by molar-refractivity contribution is 6.32. The monoisotopic (exact) mass is 400 g/mol. The number of piperidine rings is 1. The molecule has 1 N–H and O–H groups in total. The number of rotatable bonds is 6. The normalized spacial score (nSPS) is 17.9. The van der Waals surface area contributed by atoms with Gasteiger partial charge in [-0.2, -0.15) is 0 Å². The van der Waals surface area contributed by atoms with Crippen molar-refractivity contribution in [1.82, 2.24) is 5.32 Å². The van der Waals surface area contributed by atoms with Crippen molar-refractivity contribution in [2.45, 2.75) is 39.7 Å². The summed E-state index contributed by atoms with van der Waals surface area (Å²) in [5.74, 6) is 1.19. The van der Waals surface area contributed by atoms with Gasteiger partial charge >= 0.3 is 0 Å². The van der Waals surface area contributed by atoms with Gasteiger partial charge in [0.15, 0.2) is 0 Å². The zero-order valence-corrected chi connectivity index (χ0v) is 17.6. The molecular weight excluding hydrogens is 372 g/mol. The zero-order valence-electron chi connectivity index (χ0n) is 16.9. The maximum Gasteiger partial charge on any atom is 0.251 e. The number of benzene rings is 2. The molecule has 0 saturated carbocycles. The van der Waals surface area contributed by atoms with E-state index < -0.39 is 0 Å². The van der Waals surface area contributed by atoms with E-state index >= 15 is 0 Å². The van der Waals surface area contributed by atoms with Crippen LogP contribution in [-0.4, -0.2) is 25.6 Å². The van der Waals surface area contributed by atoms with Crippen molar-refractivity contribution in [3.8, 4) is 5.75 Å². The molecule has 0 bridgehead atoms. The highest BCUT2D eigenvalue weighted by Crippen LogP contribution is 2.27. The van der Waals surface area contributed by atoms with Crippen LogP contribution < -0.4 is 15.0 Å². The molecule has 28 heavy (non-hydrogen) atoms. The Morgan fingerprint density at radius 3 is 2.68 bits per heavy atom. The molecule has 0 radical (unpaired) electrons.